The summed E-state index contributed by atoms with van der Waals surface area (Å²) in [4.78, 5) is 22.5. The molecule has 1 N–H and O–H groups in total. The molecule has 0 radical (unpaired) electrons. The van der Waals surface area contributed by atoms with E-state index in [1.165, 1.54) is 44.2 Å². The number of aryl methyl sites for hydroxylation is 2. The molecule has 2 aliphatic rings. The number of hydrogen-bond donors (Lipinski definition) is 1. The molecule has 1 atom stereocenters. The van der Waals surface area contributed by atoms with E-state index in [0.717, 1.165) is 46.5 Å². The van der Waals surface area contributed by atoms with Crippen LogP contribution in [0.4, 0.5) is 10.1 Å². The normalized spacial score (nSPS) is 18.3. The third kappa shape index (κ3) is 5.87. The van der Waals surface area contributed by atoms with E-state index in [-0.39, 0.29) is 17.0 Å². The van der Waals surface area contributed by atoms with Crippen LogP contribution in [0.1, 0.15) is 74.7 Å². The average molecular weight is 553 g/mol. The molecular weight excluding hydrogens is 519 g/mol. The quantitative estimate of drug-likeness (QED) is 0.278. The Morgan fingerprint density at radius 1 is 1.08 bits per heavy atom. The standard InChI is InChI=1S/C23H20ClFN4O2.C7H14O/c1-12-22(13(2)31-28-12)14-6-9-18-19(10-14)27-23(26-18)20-4-3-5-21(30)29(20)15-7-8-16(24)17(25)11-15;1-8-7-5-3-2-4-6-7/h6-11,20H,3-5H2,1-2H3,(H,26,27);7H,2-6H2,1H3/t20-;/m0./s1. The lowest BCUT2D eigenvalue weighted by atomic mass is 9.98. The third-order valence-corrected chi connectivity index (χ3v) is 7.96. The van der Waals surface area contributed by atoms with Crippen LogP contribution < -0.4 is 4.90 Å². The number of amides is 1. The summed E-state index contributed by atoms with van der Waals surface area (Å²) in [5.74, 6) is 0.819. The van der Waals surface area contributed by atoms with Crippen molar-refractivity contribution in [2.24, 2.45) is 0 Å². The van der Waals surface area contributed by atoms with Gasteiger partial charge in [0.1, 0.15) is 17.4 Å². The molecule has 3 heterocycles. The van der Waals surface area contributed by atoms with Crippen molar-refractivity contribution in [1.29, 1.82) is 0 Å². The van der Waals surface area contributed by atoms with Gasteiger partial charge in [-0.05, 0) is 75.4 Å². The Hall–Kier alpha value is -3.23. The molecule has 6 rings (SSSR count). The molecule has 1 aliphatic heterocycles. The fourth-order valence-corrected chi connectivity index (χ4v) is 5.74. The van der Waals surface area contributed by atoms with Crippen LogP contribution in [0.15, 0.2) is 40.9 Å². The van der Waals surface area contributed by atoms with Crippen LogP contribution in [0.3, 0.4) is 0 Å². The Morgan fingerprint density at radius 3 is 2.54 bits per heavy atom. The summed E-state index contributed by atoms with van der Waals surface area (Å²) in [6, 6.07) is 10.1. The Labute approximate surface area is 232 Å². The highest BCUT2D eigenvalue weighted by atomic mass is 35.5. The van der Waals surface area contributed by atoms with E-state index in [0.29, 0.717) is 24.0 Å². The lowest BCUT2D eigenvalue weighted by molar-refractivity contribution is -0.120. The number of carbonyl (C=O) groups is 1. The molecule has 9 heteroatoms. The third-order valence-electron chi connectivity index (χ3n) is 7.65. The van der Waals surface area contributed by atoms with Gasteiger partial charge in [-0.1, -0.05) is 42.1 Å². The maximum Gasteiger partial charge on any atom is 0.227 e. The molecule has 1 amide bonds. The Bertz CT molecular complexity index is 1440. The van der Waals surface area contributed by atoms with Gasteiger partial charge in [-0.3, -0.25) is 4.79 Å². The number of nitrogens with zero attached hydrogens (tertiary/aromatic N) is 3. The number of ether oxygens (including phenoxy) is 1. The van der Waals surface area contributed by atoms with Crippen molar-refractivity contribution in [2.45, 2.75) is 77.4 Å². The number of H-pyrrole nitrogens is 1. The fraction of sp³-hybridized carbons (Fsp3) is 0.433. The largest absolute Gasteiger partial charge is 0.381 e. The molecule has 0 unspecified atom stereocenters. The van der Waals surface area contributed by atoms with E-state index in [2.05, 4.69) is 10.1 Å². The van der Waals surface area contributed by atoms with E-state index in [1.807, 2.05) is 39.2 Å². The first-order valence-corrected chi connectivity index (χ1v) is 14.0. The van der Waals surface area contributed by atoms with Crippen LogP contribution in [0.25, 0.3) is 22.2 Å². The van der Waals surface area contributed by atoms with Gasteiger partial charge in [0.15, 0.2) is 0 Å². The first-order chi connectivity index (χ1) is 18.9. The number of aromatic amines is 1. The Balaban J connectivity index is 0.000000332. The number of fused-ring (bicyclic) bond motifs is 1. The fourth-order valence-electron chi connectivity index (χ4n) is 5.63. The molecule has 0 spiro atoms. The second-order valence-electron chi connectivity index (χ2n) is 10.3. The molecule has 206 valence electrons. The van der Waals surface area contributed by atoms with E-state index >= 15 is 0 Å². The number of hydrogen-bond acceptors (Lipinski definition) is 5. The summed E-state index contributed by atoms with van der Waals surface area (Å²) in [6.45, 7) is 3.79. The number of methoxy groups -OCH3 is 1. The minimum atomic E-state index is -0.551. The van der Waals surface area contributed by atoms with Crippen LogP contribution in [0.2, 0.25) is 5.02 Å². The number of rotatable bonds is 4. The molecule has 1 saturated carbocycles. The number of carbonyl (C=O) groups excluding carboxylic acids is 1. The van der Waals surface area contributed by atoms with Gasteiger partial charge < -0.3 is 19.1 Å². The van der Waals surface area contributed by atoms with Crippen molar-refractivity contribution >= 4 is 34.2 Å². The SMILES string of the molecule is COC1CCCCC1.Cc1noc(C)c1-c1ccc2nc([C@@H]3CCCC(=O)N3c3ccc(Cl)c(F)c3)[nH]c2c1. The zero-order valence-corrected chi connectivity index (χ0v) is 23.4. The van der Waals surface area contributed by atoms with E-state index in [4.69, 9.17) is 25.8 Å². The monoisotopic (exact) mass is 552 g/mol. The van der Waals surface area contributed by atoms with E-state index < -0.39 is 5.82 Å². The van der Waals surface area contributed by atoms with Gasteiger partial charge >= 0.3 is 0 Å². The molecule has 2 fully saturated rings. The molecule has 2 aromatic carbocycles. The molecule has 4 aromatic rings. The lowest BCUT2D eigenvalue weighted by Gasteiger charge is -2.34. The zero-order chi connectivity index (χ0) is 27.5. The summed E-state index contributed by atoms with van der Waals surface area (Å²) in [5.41, 5.74) is 4.90. The van der Waals surface area contributed by atoms with Gasteiger partial charge in [-0.25, -0.2) is 9.37 Å². The average Bonchev–Trinajstić information content (AvgIpc) is 3.52. The van der Waals surface area contributed by atoms with Crippen LogP contribution >= 0.6 is 11.6 Å². The topological polar surface area (TPSA) is 84.2 Å². The summed E-state index contributed by atoms with van der Waals surface area (Å²) in [5, 5.41) is 4.06. The van der Waals surface area contributed by atoms with Crippen molar-refractivity contribution in [1.82, 2.24) is 15.1 Å². The highest BCUT2D eigenvalue weighted by molar-refractivity contribution is 6.30. The first-order valence-electron chi connectivity index (χ1n) is 13.6. The van der Waals surface area contributed by atoms with Crippen LogP contribution in [-0.2, 0) is 9.53 Å². The van der Waals surface area contributed by atoms with E-state index in [1.54, 1.807) is 11.0 Å². The summed E-state index contributed by atoms with van der Waals surface area (Å²) >= 11 is 5.83. The highest BCUT2D eigenvalue weighted by Crippen LogP contribution is 2.37. The maximum atomic E-state index is 14.1. The second-order valence-corrected chi connectivity index (χ2v) is 10.7. The van der Waals surface area contributed by atoms with Crippen LogP contribution in [0.5, 0.6) is 0 Å². The minimum absolute atomic E-state index is 0.0281. The number of benzene rings is 2. The van der Waals surface area contributed by atoms with Gasteiger partial charge in [0, 0.05) is 24.8 Å². The second kappa shape index (κ2) is 11.9. The summed E-state index contributed by atoms with van der Waals surface area (Å²) in [6.07, 6.45) is 9.22. The van der Waals surface area contributed by atoms with Gasteiger partial charge in [-0.15, -0.1) is 0 Å². The number of imidazole rings is 1. The number of aromatic nitrogens is 3. The van der Waals surface area contributed by atoms with Gasteiger partial charge in [0.25, 0.3) is 0 Å². The zero-order valence-electron chi connectivity index (χ0n) is 22.6. The minimum Gasteiger partial charge on any atom is -0.381 e. The summed E-state index contributed by atoms with van der Waals surface area (Å²) in [7, 11) is 1.82. The first kappa shape index (κ1) is 27.3. The van der Waals surface area contributed by atoms with Crippen molar-refractivity contribution in [3.05, 3.63) is 64.5 Å². The molecule has 1 saturated heterocycles. The molecule has 7 nitrogen and oxygen atoms in total. The molecule has 1 aliphatic carbocycles. The van der Waals surface area contributed by atoms with Crippen LogP contribution in [-0.4, -0.2) is 34.2 Å². The molecule has 0 bridgehead atoms. The van der Waals surface area contributed by atoms with Crippen molar-refractivity contribution in [3.63, 3.8) is 0 Å². The van der Waals surface area contributed by atoms with Crippen molar-refractivity contribution < 1.29 is 18.4 Å². The van der Waals surface area contributed by atoms with Gasteiger partial charge in [0.05, 0.1) is 33.9 Å². The Morgan fingerprint density at radius 2 is 1.87 bits per heavy atom. The molecule has 39 heavy (non-hydrogen) atoms. The number of anilines is 1. The lowest BCUT2D eigenvalue weighted by Crippen LogP contribution is -2.38. The van der Waals surface area contributed by atoms with Crippen molar-refractivity contribution in [3.8, 4) is 11.1 Å². The van der Waals surface area contributed by atoms with Gasteiger partial charge in [0.2, 0.25) is 5.91 Å². The van der Waals surface area contributed by atoms with E-state index in [9.17, 15) is 9.18 Å². The number of halogens is 2. The predicted molar refractivity (Wildman–Crippen MR) is 150 cm³/mol. The predicted octanol–water partition coefficient (Wildman–Crippen LogP) is 7.85. The van der Waals surface area contributed by atoms with Gasteiger partial charge in [-0.2, -0.15) is 0 Å². The number of nitrogens with one attached hydrogen (secondary N) is 1. The summed E-state index contributed by atoms with van der Waals surface area (Å²) < 4.78 is 24.6. The number of piperidine rings is 1. The smallest absolute Gasteiger partial charge is 0.227 e. The highest BCUT2D eigenvalue weighted by Gasteiger charge is 2.33. The molecular formula is C30H34ClFN4O3. The van der Waals surface area contributed by atoms with Crippen molar-refractivity contribution in [2.75, 3.05) is 12.0 Å². The Kier molecular flexibility index (Phi) is 8.33. The van der Waals surface area contributed by atoms with Crippen LogP contribution in [0, 0.1) is 19.7 Å². The maximum absolute atomic E-state index is 14.1. The molecule has 2 aromatic heterocycles.